The van der Waals surface area contributed by atoms with Crippen LogP contribution in [0.1, 0.15) is 54.9 Å². The van der Waals surface area contributed by atoms with Gasteiger partial charge in [0.05, 0.1) is 6.54 Å². The maximum atomic E-state index is 4.76. The first-order chi connectivity index (χ1) is 13.7. The smallest absolute Gasteiger partial charge is 0.135 e. The van der Waals surface area contributed by atoms with Crippen LogP contribution in [0.3, 0.4) is 0 Å². The summed E-state index contributed by atoms with van der Waals surface area (Å²) in [7, 11) is 0. The number of hydrogen-bond donors (Lipinski definition) is 0. The van der Waals surface area contributed by atoms with Crippen LogP contribution in [-0.2, 0) is 13.0 Å². The molecule has 0 amide bonds. The van der Waals surface area contributed by atoms with Crippen molar-refractivity contribution >= 4 is 5.82 Å². The Balaban J connectivity index is 1.46. The molecule has 28 heavy (non-hydrogen) atoms. The zero-order valence-electron chi connectivity index (χ0n) is 16.8. The van der Waals surface area contributed by atoms with Crippen molar-refractivity contribution in [1.29, 1.82) is 0 Å². The van der Waals surface area contributed by atoms with Gasteiger partial charge in [-0.1, -0.05) is 19.4 Å². The summed E-state index contributed by atoms with van der Waals surface area (Å²) in [5.74, 6) is 3.66. The molecule has 0 unspecified atom stereocenters. The van der Waals surface area contributed by atoms with Crippen molar-refractivity contribution < 1.29 is 0 Å². The third-order valence-electron chi connectivity index (χ3n) is 5.46. The summed E-state index contributed by atoms with van der Waals surface area (Å²) in [6.45, 7) is 7.03. The number of aryl methyl sites for hydroxylation is 2. The Bertz CT molecular complexity index is 896. The average Bonchev–Trinajstić information content (AvgIpc) is 3.18. The largest absolute Gasteiger partial charge is 0.356 e. The molecule has 0 saturated carbocycles. The molecule has 0 radical (unpaired) electrons. The molecule has 1 saturated heterocycles. The molecular formula is C22H28N6. The second-order valence-electron chi connectivity index (χ2n) is 7.55. The second kappa shape index (κ2) is 8.50. The standard InChI is InChI=1S/C22H28N6/c1-3-5-20-15-25-17(2)26-22(20)27-11-7-19(8-12-27)21-24-10-13-28(21)16-18-6-4-9-23-14-18/h4,6,9-10,13-15,19H,3,5,7-8,11-12,16H2,1-2H3. The third-order valence-corrected chi connectivity index (χ3v) is 5.46. The molecule has 0 aromatic carbocycles. The number of rotatable bonds is 6. The number of aromatic nitrogens is 5. The van der Waals surface area contributed by atoms with Crippen LogP contribution in [0, 0.1) is 6.92 Å². The van der Waals surface area contributed by atoms with Crippen LogP contribution in [0.15, 0.2) is 43.1 Å². The molecular weight excluding hydrogens is 348 g/mol. The predicted octanol–water partition coefficient (Wildman–Crippen LogP) is 3.76. The third kappa shape index (κ3) is 4.06. The molecule has 4 rings (SSSR count). The Morgan fingerprint density at radius 1 is 1.11 bits per heavy atom. The lowest BCUT2D eigenvalue weighted by atomic mass is 9.95. The number of hydrogen-bond acceptors (Lipinski definition) is 5. The Morgan fingerprint density at radius 2 is 1.96 bits per heavy atom. The highest BCUT2D eigenvalue weighted by Gasteiger charge is 2.26. The topological polar surface area (TPSA) is 59.7 Å². The van der Waals surface area contributed by atoms with Crippen LogP contribution >= 0.6 is 0 Å². The van der Waals surface area contributed by atoms with Crippen molar-refractivity contribution in [3.63, 3.8) is 0 Å². The van der Waals surface area contributed by atoms with Gasteiger partial charge < -0.3 is 9.47 Å². The maximum absolute atomic E-state index is 4.76. The highest BCUT2D eigenvalue weighted by molar-refractivity contribution is 5.46. The highest BCUT2D eigenvalue weighted by Crippen LogP contribution is 2.31. The van der Waals surface area contributed by atoms with Gasteiger partial charge in [-0.3, -0.25) is 4.98 Å². The Hall–Kier alpha value is -2.76. The minimum absolute atomic E-state index is 0.487. The van der Waals surface area contributed by atoms with Gasteiger partial charge in [0.15, 0.2) is 0 Å². The lowest BCUT2D eigenvalue weighted by Crippen LogP contribution is -2.35. The second-order valence-corrected chi connectivity index (χ2v) is 7.55. The van der Waals surface area contributed by atoms with Crippen LogP contribution in [0.2, 0.25) is 0 Å². The van der Waals surface area contributed by atoms with Crippen LogP contribution in [0.4, 0.5) is 5.82 Å². The van der Waals surface area contributed by atoms with E-state index in [9.17, 15) is 0 Å². The molecule has 6 heteroatoms. The molecule has 1 aliphatic heterocycles. The van der Waals surface area contributed by atoms with E-state index in [4.69, 9.17) is 9.97 Å². The monoisotopic (exact) mass is 376 g/mol. The first-order valence-electron chi connectivity index (χ1n) is 10.2. The van der Waals surface area contributed by atoms with E-state index in [1.165, 1.54) is 17.0 Å². The van der Waals surface area contributed by atoms with Gasteiger partial charge in [-0.2, -0.15) is 0 Å². The quantitative estimate of drug-likeness (QED) is 0.655. The molecule has 0 spiro atoms. The summed E-state index contributed by atoms with van der Waals surface area (Å²) in [6, 6.07) is 4.11. The number of nitrogens with zero attached hydrogens (tertiary/aromatic N) is 6. The van der Waals surface area contributed by atoms with E-state index in [0.717, 1.165) is 57.0 Å². The van der Waals surface area contributed by atoms with Crippen molar-refractivity contribution in [2.75, 3.05) is 18.0 Å². The van der Waals surface area contributed by atoms with E-state index < -0.39 is 0 Å². The molecule has 6 nitrogen and oxygen atoms in total. The van der Waals surface area contributed by atoms with E-state index in [0.29, 0.717) is 5.92 Å². The lowest BCUT2D eigenvalue weighted by molar-refractivity contribution is 0.467. The summed E-state index contributed by atoms with van der Waals surface area (Å²) < 4.78 is 2.27. The molecule has 3 aromatic rings. The van der Waals surface area contributed by atoms with Gasteiger partial charge in [0.2, 0.25) is 0 Å². The fourth-order valence-electron chi connectivity index (χ4n) is 4.05. The zero-order valence-corrected chi connectivity index (χ0v) is 16.8. The molecule has 0 bridgehead atoms. The molecule has 0 aliphatic carbocycles. The van der Waals surface area contributed by atoms with Crippen molar-refractivity contribution in [3.8, 4) is 0 Å². The van der Waals surface area contributed by atoms with Crippen molar-refractivity contribution in [2.24, 2.45) is 0 Å². The Kier molecular flexibility index (Phi) is 5.65. The molecule has 1 aliphatic rings. The minimum atomic E-state index is 0.487. The van der Waals surface area contributed by atoms with Gasteiger partial charge >= 0.3 is 0 Å². The number of pyridine rings is 1. The summed E-state index contributed by atoms with van der Waals surface area (Å²) in [5, 5.41) is 0. The molecule has 146 valence electrons. The van der Waals surface area contributed by atoms with Gasteiger partial charge in [0.25, 0.3) is 0 Å². The molecule has 0 N–H and O–H groups in total. The Morgan fingerprint density at radius 3 is 2.71 bits per heavy atom. The average molecular weight is 377 g/mol. The number of imidazole rings is 1. The SMILES string of the molecule is CCCc1cnc(C)nc1N1CCC(c2nccn2Cc2cccnc2)CC1. The van der Waals surface area contributed by atoms with Crippen molar-refractivity contribution in [1.82, 2.24) is 24.5 Å². The van der Waals surface area contributed by atoms with Crippen LogP contribution in [0.5, 0.6) is 0 Å². The first-order valence-corrected chi connectivity index (χ1v) is 10.2. The summed E-state index contributed by atoms with van der Waals surface area (Å²) in [6.07, 6.45) is 14.1. The minimum Gasteiger partial charge on any atom is -0.356 e. The summed E-state index contributed by atoms with van der Waals surface area (Å²) >= 11 is 0. The fraction of sp³-hybridized carbons (Fsp3) is 0.455. The number of anilines is 1. The summed E-state index contributed by atoms with van der Waals surface area (Å²) in [4.78, 5) is 20.5. The molecule has 1 fully saturated rings. The van der Waals surface area contributed by atoms with Gasteiger partial charge in [0.1, 0.15) is 17.5 Å². The molecule has 3 aromatic heterocycles. The van der Waals surface area contributed by atoms with Crippen LogP contribution < -0.4 is 4.90 Å². The summed E-state index contributed by atoms with van der Waals surface area (Å²) in [5.41, 5.74) is 2.48. The first kappa shape index (κ1) is 18.6. The van der Waals surface area contributed by atoms with E-state index in [1.54, 1.807) is 0 Å². The van der Waals surface area contributed by atoms with Gasteiger partial charge in [0, 0.05) is 55.6 Å². The number of piperidine rings is 1. The van der Waals surface area contributed by atoms with E-state index in [2.05, 4.69) is 38.6 Å². The van der Waals surface area contributed by atoms with Crippen molar-refractivity contribution in [3.05, 3.63) is 65.9 Å². The van der Waals surface area contributed by atoms with Crippen LogP contribution in [-0.4, -0.2) is 37.6 Å². The zero-order chi connectivity index (χ0) is 19.3. The normalized spacial score (nSPS) is 15.1. The van der Waals surface area contributed by atoms with Crippen molar-refractivity contribution in [2.45, 2.75) is 52.0 Å². The highest BCUT2D eigenvalue weighted by atomic mass is 15.2. The maximum Gasteiger partial charge on any atom is 0.135 e. The fourth-order valence-corrected chi connectivity index (χ4v) is 4.05. The van der Waals surface area contributed by atoms with Crippen LogP contribution in [0.25, 0.3) is 0 Å². The van der Waals surface area contributed by atoms with Gasteiger partial charge in [-0.25, -0.2) is 15.0 Å². The Labute approximate surface area is 166 Å². The van der Waals surface area contributed by atoms with E-state index in [1.807, 2.05) is 37.8 Å². The predicted molar refractivity (Wildman–Crippen MR) is 111 cm³/mol. The molecule has 0 atom stereocenters. The van der Waals surface area contributed by atoms with E-state index in [-0.39, 0.29) is 0 Å². The van der Waals surface area contributed by atoms with E-state index >= 15 is 0 Å². The lowest BCUT2D eigenvalue weighted by Gasteiger charge is -2.34. The van der Waals surface area contributed by atoms with Gasteiger partial charge in [-0.05, 0) is 37.8 Å². The molecule has 4 heterocycles. The van der Waals surface area contributed by atoms with Gasteiger partial charge in [-0.15, -0.1) is 0 Å².